The fourth-order valence-corrected chi connectivity index (χ4v) is 10.2. The van der Waals surface area contributed by atoms with Gasteiger partial charge in [0, 0.05) is 42.3 Å². The van der Waals surface area contributed by atoms with Crippen LogP contribution in [0.3, 0.4) is 0 Å². The molecule has 0 saturated heterocycles. The van der Waals surface area contributed by atoms with Crippen LogP contribution in [-0.4, -0.2) is 9.97 Å². The molecule has 0 fully saturated rings. The number of hydrogen-bond donors (Lipinski definition) is 0. The molecule has 8 aromatic carbocycles. The molecule has 2 aromatic heterocycles. The Morgan fingerprint density at radius 1 is 0.389 bits per heavy atom. The Kier molecular flexibility index (Phi) is 6.80. The second-order valence-electron chi connectivity index (χ2n) is 14.9. The number of benzene rings is 8. The summed E-state index contributed by atoms with van der Waals surface area (Å²) in [6.07, 6.45) is 0. The van der Waals surface area contributed by atoms with Crippen LogP contribution in [0.5, 0.6) is 0 Å². The summed E-state index contributed by atoms with van der Waals surface area (Å²) in [6.45, 7) is 4.79. The van der Waals surface area contributed by atoms with E-state index in [0.717, 1.165) is 33.9 Å². The van der Waals surface area contributed by atoms with Gasteiger partial charge in [-0.1, -0.05) is 166 Å². The van der Waals surface area contributed by atoms with Gasteiger partial charge in [0.05, 0.1) is 11.4 Å². The van der Waals surface area contributed by atoms with E-state index in [9.17, 15) is 0 Å². The number of rotatable bonds is 4. The van der Waals surface area contributed by atoms with Crippen molar-refractivity contribution in [3.63, 3.8) is 0 Å². The molecule has 0 aliphatic heterocycles. The predicted molar refractivity (Wildman–Crippen MR) is 229 cm³/mol. The Hall–Kier alpha value is -6.42. The SMILES string of the molecule is CC1(C)c2c(cccc2-c2ccc(-c3cc(-c4ccc5c(c4)sc4ccccc45)nc(-c4ccccc4)n3)c3ccccc23)-c2ccc3ccccc3c21. The Balaban J connectivity index is 1.10. The molecule has 2 heterocycles. The maximum absolute atomic E-state index is 5.28. The molecule has 2 nitrogen and oxygen atoms in total. The second kappa shape index (κ2) is 11.8. The fourth-order valence-electron chi connectivity index (χ4n) is 9.06. The highest BCUT2D eigenvalue weighted by Crippen LogP contribution is 2.55. The first-order chi connectivity index (χ1) is 26.5. The molecule has 0 unspecified atom stereocenters. The normalized spacial score (nSPS) is 13.1. The van der Waals surface area contributed by atoms with E-state index in [1.165, 1.54) is 75.1 Å². The topological polar surface area (TPSA) is 25.8 Å². The number of aromatic nitrogens is 2. The lowest BCUT2D eigenvalue weighted by Crippen LogP contribution is -2.17. The van der Waals surface area contributed by atoms with Crippen LogP contribution in [0.15, 0.2) is 170 Å². The van der Waals surface area contributed by atoms with Crippen LogP contribution in [0.4, 0.5) is 0 Å². The molecule has 3 heteroatoms. The first-order valence-electron chi connectivity index (χ1n) is 18.6. The molecule has 0 atom stereocenters. The minimum absolute atomic E-state index is 0.177. The lowest BCUT2D eigenvalue weighted by atomic mass is 9.77. The Morgan fingerprint density at radius 3 is 1.83 bits per heavy atom. The van der Waals surface area contributed by atoms with Crippen molar-refractivity contribution in [3.05, 3.63) is 181 Å². The van der Waals surface area contributed by atoms with Gasteiger partial charge in [-0.25, -0.2) is 9.97 Å². The zero-order valence-corrected chi connectivity index (χ0v) is 30.8. The average molecular weight is 707 g/mol. The van der Waals surface area contributed by atoms with Crippen molar-refractivity contribution in [1.82, 2.24) is 9.97 Å². The second-order valence-corrected chi connectivity index (χ2v) is 16.0. The van der Waals surface area contributed by atoms with Gasteiger partial charge in [0.15, 0.2) is 5.82 Å². The number of hydrogen-bond acceptors (Lipinski definition) is 3. The summed E-state index contributed by atoms with van der Waals surface area (Å²) < 4.78 is 2.56. The molecule has 10 aromatic rings. The van der Waals surface area contributed by atoms with E-state index in [4.69, 9.17) is 9.97 Å². The molecular formula is C51H34N2S. The van der Waals surface area contributed by atoms with Crippen LogP contribution in [0.25, 0.3) is 97.9 Å². The molecule has 11 rings (SSSR count). The highest BCUT2D eigenvalue weighted by molar-refractivity contribution is 7.25. The van der Waals surface area contributed by atoms with E-state index < -0.39 is 0 Å². The van der Waals surface area contributed by atoms with Gasteiger partial charge in [0.2, 0.25) is 0 Å². The summed E-state index contributed by atoms with van der Waals surface area (Å²) >= 11 is 1.83. The summed E-state index contributed by atoms with van der Waals surface area (Å²) in [5.74, 6) is 0.723. The van der Waals surface area contributed by atoms with Gasteiger partial charge >= 0.3 is 0 Å². The molecule has 0 spiro atoms. The molecule has 0 amide bonds. The van der Waals surface area contributed by atoms with Gasteiger partial charge in [0.1, 0.15) is 0 Å². The van der Waals surface area contributed by atoms with Gasteiger partial charge < -0.3 is 0 Å². The molecule has 1 aliphatic carbocycles. The molecule has 0 radical (unpaired) electrons. The molecule has 0 saturated carbocycles. The molecule has 0 bridgehead atoms. The first kappa shape index (κ1) is 31.1. The van der Waals surface area contributed by atoms with E-state index in [-0.39, 0.29) is 5.41 Å². The van der Waals surface area contributed by atoms with E-state index in [1.54, 1.807) is 0 Å². The van der Waals surface area contributed by atoms with E-state index in [0.29, 0.717) is 0 Å². The third-order valence-electron chi connectivity index (χ3n) is 11.5. The zero-order valence-electron chi connectivity index (χ0n) is 30.0. The molecule has 1 aliphatic rings. The average Bonchev–Trinajstić information content (AvgIpc) is 3.72. The van der Waals surface area contributed by atoms with Crippen molar-refractivity contribution in [2.24, 2.45) is 0 Å². The highest BCUT2D eigenvalue weighted by atomic mass is 32.1. The van der Waals surface area contributed by atoms with Gasteiger partial charge in [-0.2, -0.15) is 0 Å². The number of nitrogens with zero attached hydrogens (tertiary/aromatic N) is 2. The van der Waals surface area contributed by atoms with Crippen LogP contribution >= 0.6 is 11.3 Å². The van der Waals surface area contributed by atoms with Gasteiger partial charge in [-0.15, -0.1) is 11.3 Å². The number of thiophene rings is 1. The highest BCUT2D eigenvalue weighted by Gasteiger charge is 2.39. The van der Waals surface area contributed by atoms with E-state index in [2.05, 4.69) is 178 Å². The zero-order chi connectivity index (χ0) is 36.0. The lowest BCUT2D eigenvalue weighted by molar-refractivity contribution is 0.668. The van der Waals surface area contributed by atoms with Crippen LogP contribution in [0, 0.1) is 0 Å². The van der Waals surface area contributed by atoms with Crippen molar-refractivity contribution < 1.29 is 0 Å². The maximum atomic E-state index is 5.28. The Labute approximate surface area is 318 Å². The molecule has 54 heavy (non-hydrogen) atoms. The van der Waals surface area contributed by atoms with Crippen LogP contribution in [0.1, 0.15) is 25.0 Å². The molecule has 254 valence electrons. The van der Waals surface area contributed by atoms with Crippen LogP contribution in [0.2, 0.25) is 0 Å². The number of fused-ring (bicyclic) bond motifs is 9. The third kappa shape index (κ3) is 4.65. The minimum Gasteiger partial charge on any atom is -0.228 e. The van der Waals surface area contributed by atoms with Crippen molar-refractivity contribution in [1.29, 1.82) is 0 Å². The summed E-state index contributed by atoms with van der Waals surface area (Å²) in [7, 11) is 0. The summed E-state index contributed by atoms with van der Waals surface area (Å²) in [6, 6.07) is 61.6. The predicted octanol–water partition coefficient (Wildman–Crippen LogP) is 14.1. The Morgan fingerprint density at radius 2 is 1.00 bits per heavy atom. The van der Waals surface area contributed by atoms with Gasteiger partial charge in [0.25, 0.3) is 0 Å². The quantitative estimate of drug-likeness (QED) is 0.182. The van der Waals surface area contributed by atoms with Crippen LogP contribution < -0.4 is 0 Å². The molecular weight excluding hydrogens is 673 g/mol. The Bertz CT molecular complexity index is 3130. The van der Waals surface area contributed by atoms with E-state index in [1.807, 2.05) is 17.4 Å². The van der Waals surface area contributed by atoms with E-state index >= 15 is 0 Å². The van der Waals surface area contributed by atoms with Crippen molar-refractivity contribution in [2.45, 2.75) is 19.3 Å². The standard InChI is InChI=1S/C51H34N2S/c1-51(2)48-34-16-7-6-13-31(34)23-26-43(48)42-21-12-20-41(49(42)51)37-27-28-38(36-18-9-8-17-35(36)37)45-30-44(52-50(53-45)32-14-4-3-5-15-32)33-24-25-40-39-19-10-11-22-46(39)54-47(40)29-33/h3-30H,1-2H3. The minimum atomic E-state index is -0.177. The largest absolute Gasteiger partial charge is 0.228 e. The summed E-state index contributed by atoms with van der Waals surface area (Å²) in [5.41, 5.74) is 12.8. The van der Waals surface area contributed by atoms with Crippen molar-refractivity contribution in [2.75, 3.05) is 0 Å². The maximum Gasteiger partial charge on any atom is 0.160 e. The third-order valence-corrected chi connectivity index (χ3v) is 12.6. The van der Waals surface area contributed by atoms with Crippen LogP contribution in [-0.2, 0) is 5.41 Å². The summed E-state index contributed by atoms with van der Waals surface area (Å²) in [5, 5.41) is 7.60. The lowest BCUT2D eigenvalue weighted by Gasteiger charge is -2.26. The van der Waals surface area contributed by atoms with Gasteiger partial charge in [-0.05, 0) is 73.1 Å². The van der Waals surface area contributed by atoms with Crippen molar-refractivity contribution >= 4 is 53.1 Å². The fraction of sp³-hybridized carbons (Fsp3) is 0.0588. The summed E-state index contributed by atoms with van der Waals surface area (Å²) in [4.78, 5) is 10.5. The smallest absolute Gasteiger partial charge is 0.160 e. The van der Waals surface area contributed by atoms with Crippen molar-refractivity contribution in [3.8, 4) is 56.2 Å². The van der Waals surface area contributed by atoms with Gasteiger partial charge in [-0.3, -0.25) is 0 Å². The molecule has 0 N–H and O–H groups in total. The first-order valence-corrected chi connectivity index (χ1v) is 19.4. The monoisotopic (exact) mass is 706 g/mol.